The number of ether oxygens (including phenoxy) is 1. The predicted molar refractivity (Wildman–Crippen MR) is 61.8 cm³/mol. The topological polar surface area (TPSA) is 26.3 Å². The highest BCUT2D eigenvalue weighted by Gasteiger charge is 2.08. The van der Waals surface area contributed by atoms with Crippen LogP contribution in [-0.4, -0.2) is 5.97 Å². The van der Waals surface area contributed by atoms with Crippen molar-refractivity contribution in [1.29, 1.82) is 0 Å². The third-order valence-electron chi connectivity index (χ3n) is 2.09. The molecule has 0 aliphatic rings. The maximum Gasteiger partial charge on any atom is 0.310 e. The van der Waals surface area contributed by atoms with Crippen LogP contribution in [0.2, 0.25) is 0 Å². The van der Waals surface area contributed by atoms with Crippen molar-refractivity contribution in [2.45, 2.75) is 27.2 Å². The molecule has 1 rings (SSSR count). The Kier molecular flexibility index (Phi) is 4.10. The summed E-state index contributed by atoms with van der Waals surface area (Å²) < 4.78 is 5.29. The molecule has 0 N–H and O–H groups in total. The molecule has 0 bridgehead atoms. The molecule has 1 aromatic carbocycles. The van der Waals surface area contributed by atoms with Gasteiger partial charge in [-0.2, -0.15) is 0 Å². The summed E-state index contributed by atoms with van der Waals surface area (Å²) in [7, 11) is 0. The van der Waals surface area contributed by atoms with Crippen LogP contribution in [-0.2, 0) is 4.79 Å². The number of esters is 1. The average molecular weight is 204 g/mol. The van der Waals surface area contributed by atoms with Crippen LogP contribution in [0.15, 0.2) is 24.3 Å². The highest BCUT2D eigenvalue weighted by Crippen LogP contribution is 2.25. The summed E-state index contributed by atoms with van der Waals surface area (Å²) in [5.74, 6) is 0.470. The summed E-state index contributed by atoms with van der Waals surface area (Å²) in [5, 5.41) is 0. The van der Waals surface area contributed by atoms with Crippen molar-refractivity contribution in [1.82, 2.24) is 0 Å². The zero-order valence-electron chi connectivity index (χ0n) is 9.41. The van der Waals surface area contributed by atoms with Crippen LogP contribution in [0, 0.1) is 6.92 Å². The second kappa shape index (κ2) is 5.35. The Hall–Kier alpha value is -1.57. The number of hydrogen-bond donors (Lipinski definition) is 0. The lowest BCUT2D eigenvalue weighted by Crippen LogP contribution is -2.07. The predicted octanol–water partition coefficient (Wildman–Crippen LogP) is 3.34. The number of carbonyl (C=O) groups excluding carboxylic acids is 1. The van der Waals surface area contributed by atoms with E-state index in [1.165, 1.54) is 0 Å². The molecule has 0 unspecified atom stereocenters. The first kappa shape index (κ1) is 11.5. The maximum absolute atomic E-state index is 11.2. The van der Waals surface area contributed by atoms with E-state index in [4.69, 9.17) is 4.74 Å². The molecular weight excluding hydrogens is 188 g/mol. The van der Waals surface area contributed by atoms with Gasteiger partial charge in [0.1, 0.15) is 5.75 Å². The molecule has 0 amide bonds. The lowest BCUT2D eigenvalue weighted by atomic mass is 10.1. The van der Waals surface area contributed by atoms with Crippen molar-refractivity contribution in [2.75, 3.05) is 0 Å². The van der Waals surface area contributed by atoms with E-state index < -0.39 is 0 Å². The first-order chi connectivity index (χ1) is 7.19. The third-order valence-corrected chi connectivity index (χ3v) is 2.09. The summed E-state index contributed by atoms with van der Waals surface area (Å²) in [5.41, 5.74) is 1.92. The van der Waals surface area contributed by atoms with Crippen LogP contribution in [0.1, 0.15) is 31.4 Å². The van der Waals surface area contributed by atoms with E-state index in [-0.39, 0.29) is 5.97 Å². The molecule has 0 heterocycles. The first-order valence-electron chi connectivity index (χ1n) is 5.12. The smallest absolute Gasteiger partial charge is 0.310 e. The summed E-state index contributed by atoms with van der Waals surface area (Å²) in [4.78, 5) is 11.2. The minimum atomic E-state index is -0.199. The van der Waals surface area contributed by atoms with Crippen LogP contribution in [0.4, 0.5) is 0 Å². The Labute approximate surface area is 90.6 Å². The quantitative estimate of drug-likeness (QED) is 0.557. The standard InChI is InChI=1S/C13H16O2/c1-4-7-11-9-6-8-10(3)13(11)15-12(14)5-2/h4,6-9H,5H2,1-3H3/b7-4+. The molecule has 1 aromatic rings. The Morgan fingerprint density at radius 3 is 2.80 bits per heavy atom. The molecule has 80 valence electrons. The Balaban J connectivity index is 3.07. The number of para-hydroxylation sites is 1. The van der Waals surface area contributed by atoms with E-state index in [0.29, 0.717) is 12.2 Å². The Bertz CT molecular complexity index is 378. The van der Waals surface area contributed by atoms with Gasteiger partial charge < -0.3 is 4.74 Å². The number of hydrogen-bond acceptors (Lipinski definition) is 2. The third kappa shape index (κ3) is 2.94. The van der Waals surface area contributed by atoms with E-state index in [9.17, 15) is 4.79 Å². The zero-order chi connectivity index (χ0) is 11.3. The molecule has 2 nitrogen and oxygen atoms in total. The van der Waals surface area contributed by atoms with E-state index in [0.717, 1.165) is 11.1 Å². The Morgan fingerprint density at radius 2 is 2.20 bits per heavy atom. The van der Waals surface area contributed by atoms with Crippen LogP contribution >= 0.6 is 0 Å². The SMILES string of the molecule is C/C=C/c1cccc(C)c1OC(=O)CC. The fourth-order valence-electron chi connectivity index (χ4n) is 1.31. The van der Waals surface area contributed by atoms with E-state index in [1.54, 1.807) is 6.92 Å². The normalized spacial score (nSPS) is 10.6. The largest absolute Gasteiger partial charge is 0.426 e. The number of benzene rings is 1. The van der Waals surface area contributed by atoms with Crippen molar-refractivity contribution < 1.29 is 9.53 Å². The van der Waals surface area contributed by atoms with E-state index in [1.807, 2.05) is 44.2 Å². The van der Waals surface area contributed by atoms with Crippen molar-refractivity contribution in [3.8, 4) is 5.75 Å². The van der Waals surface area contributed by atoms with Crippen LogP contribution in [0.5, 0.6) is 5.75 Å². The molecule has 0 saturated heterocycles. The van der Waals surface area contributed by atoms with Crippen LogP contribution < -0.4 is 4.74 Å². The van der Waals surface area contributed by atoms with Gasteiger partial charge in [0.2, 0.25) is 0 Å². The van der Waals surface area contributed by atoms with Gasteiger partial charge in [-0.3, -0.25) is 4.79 Å². The van der Waals surface area contributed by atoms with Gasteiger partial charge in [0.15, 0.2) is 0 Å². The van der Waals surface area contributed by atoms with E-state index >= 15 is 0 Å². The molecule has 0 spiro atoms. The second-order valence-electron chi connectivity index (χ2n) is 3.32. The molecule has 2 heteroatoms. The lowest BCUT2D eigenvalue weighted by molar-refractivity contribution is -0.134. The van der Waals surface area contributed by atoms with Crippen molar-refractivity contribution in [3.63, 3.8) is 0 Å². The van der Waals surface area contributed by atoms with Gasteiger partial charge in [0.05, 0.1) is 0 Å². The van der Waals surface area contributed by atoms with Crippen LogP contribution in [0.3, 0.4) is 0 Å². The molecule has 0 saturated carbocycles. The highest BCUT2D eigenvalue weighted by molar-refractivity contribution is 5.74. The van der Waals surface area contributed by atoms with Crippen molar-refractivity contribution in [2.24, 2.45) is 0 Å². The second-order valence-corrected chi connectivity index (χ2v) is 3.32. The molecular formula is C13H16O2. The summed E-state index contributed by atoms with van der Waals surface area (Å²) in [6.45, 7) is 5.66. The minimum Gasteiger partial charge on any atom is -0.426 e. The van der Waals surface area contributed by atoms with Crippen molar-refractivity contribution >= 4 is 12.0 Å². The number of aryl methyl sites for hydroxylation is 1. The monoisotopic (exact) mass is 204 g/mol. The first-order valence-corrected chi connectivity index (χ1v) is 5.12. The minimum absolute atomic E-state index is 0.199. The highest BCUT2D eigenvalue weighted by atomic mass is 16.5. The average Bonchev–Trinajstić information content (AvgIpc) is 2.23. The number of rotatable bonds is 3. The number of carbonyl (C=O) groups is 1. The summed E-state index contributed by atoms with van der Waals surface area (Å²) in [6, 6.07) is 5.82. The maximum atomic E-state index is 11.2. The van der Waals surface area contributed by atoms with Gasteiger partial charge in [0, 0.05) is 12.0 Å². The van der Waals surface area contributed by atoms with Gasteiger partial charge in [-0.05, 0) is 19.4 Å². The molecule has 15 heavy (non-hydrogen) atoms. The Morgan fingerprint density at radius 1 is 1.47 bits per heavy atom. The fourth-order valence-corrected chi connectivity index (χ4v) is 1.31. The summed E-state index contributed by atoms with van der Waals surface area (Å²) >= 11 is 0. The number of allylic oxidation sites excluding steroid dienone is 1. The molecule has 0 aliphatic heterocycles. The summed E-state index contributed by atoms with van der Waals surface area (Å²) in [6.07, 6.45) is 4.26. The van der Waals surface area contributed by atoms with Crippen LogP contribution in [0.25, 0.3) is 6.08 Å². The van der Waals surface area contributed by atoms with Gasteiger partial charge in [-0.25, -0.2) is 0 Å². The molecule has 0 fully saturated rings. The lowest BCUT2D eigenvalue weighted by Gasteiger charge is -2.09. The van der Waals surface area contributed by atoms with Gasteiger partial charge in [0.25, 0.3) is 0 Å². The van der Waals surface area contributed by atoms with E-state index in [2.05, 4.69) is 0 Å². The fraction of sp³-hybridized carbons (Fsp3) is 0.308. The molecule has 0 atom stereocenters. The molecule has 0 radical (unpaired) electrons. The van der Waals surface area contributed by atoms with Crippen molar-refractivity contribution in [3.05, 3.63) is 35.4 Å². The zero-order valence-corrected chi connectivity index (χ0v) is 9.41. The van der Waals surface area contributed by atoms with Gasteiger partial charge >= 0.3 is 5.97 Å². The molecule has 0 aliphatic carbocycles. The van der Waals surface area contributed by atoms with Gasteiger partial charge in [-0.15, -0.1) is 0 Å². The molecule has 0 aromatic heterocycles. The van der Waals surface area contributed by atoms with Gasteiger partial charge in [-0.1, -0.05) is 37.3 Å².